The van der Waals surface area contributed by atoms with E-state index in [2.05, 4.69) is 10.6 Å². The molecule has 1 aromatic rings. The molecule has 0 aliphatic heterocycles. The number of rotatable bonds is 4. The van der Waals surface area contributed by atoms with Crippen molar-refractivity contribution in [2.24, 2.45) is 5.73 Å². The molecule has 1 atom stereocenters. The lowest BCUT2D eigenvalue weighted by molar-refractivity contribution is -0.121. The van der Waals surface area contributed by atoms with Gasteiger partial charge in [0.1, 0.15) is 16.8 Å². The Kier molecular flexibility index (Phi) is 4.39. The molecule has 4 N–H and O–H groups in total. The van der Waals surface area contributed by atoms with Gasteiger partial charge in [-0.05, 0) is 25.1 Å². The third kappa shape index (κ3) is 3.39. The summed E-state index contributed by atoms with van der Waals surface area (Å²) in [5.41, 5.74) is 6.08. The topological polar surface area (TPSA) is 67.2 Å². The summed E-state index contributed by atoms with van der Waals surface area (Å²) in [5.74, 6) is -0.714. The average Bonchev–Trinajstić information content (AvgIpc) is 2.30. The minimum Gasteiger partial charge on any atom is -0.389 e. The maximum Gasteiger partial charge on any atom is 0.241 e. The van der Waals surface area contributed by atoms with Crippen molar-refractivity contribution in [3.63, 3.8) is 0 Å². The molecule has 0 fully saturated rings. The van der Waals surface area contributed by atoms with Crippen LogP contribution in [0, 0.1) is 5.82 Å². The Balaban J connectivity index is 2.86. The molecule has 0 bridgehead atoms. The molecule has 17 heavy (non-hydrogen) atoms. The van der Waals surface area contributed by atoms with Crippen molar-refractivity contribution in [1.82, 2.24) is 5.32 Å². The monoisotopic (exact) mass is 255 g/mol. The second-order valence-corrected chi connectivity index (χ2v) is 3.98. The van der Waals surface area contributed by atoms with Gasteiger partial charge in [-0.15, -0.1) is 0 Å². The highest BCUT2D eigenvalue weighted by Crippen LogP contribution is 2.16. The van der Waals surface area contributed by atoms with Crippen molar-refractivity contribution in [3.8, 4) is 0 Å². The number of halogens is 1. The van der Waals surface area contributed by atoms with E-state index in [1.807, 2.05) is 0 Å². The lowest BCUT2D eigenvalue weighted by atomic mass is 10.2. The Morgan fingerprint density at radius 3 is 2.65 bits per heavy atom. The van der Waals surface area contributed by atoms with Gasteiger partial charge in [0.05, 0.1) is 5.69 Å². The number of hydrogen-bond donors (Lipinski definition) is 3. The number of carbonyl (C=O) groups is 1. The normalized spacial score (nSPS) is 11.7. The van der Waals surface area contributed by atoms with Crippen LogP contribution in [0.4, 0.5) is 10.1 Å². The fraction of sp³-hybridized carbons (Fsp3) is 0.273. The van der Waals surface area contributed by atoms with Crippen molar-refractivity contribution in [3.05, 3.63) is 29.6 Å². The summed E-state index contributed by atoms with van der Waals surface area (Å²) in [5, 5.41) is 5.23. The second kappa shape index (κ2) is 5.58. The molecule has 4 nitrogen and oxygen atoms in total. The molecule has 0 heterocycles. The molecular weight excluding hydrogens is 241 g/mol. The van der Waals surface area contributed by atoms with Crippen molar-refractivity contribution < 1.29 is 9.18 Å². The lowest BCUT2D eigenvalue weighted by Gasteiger charge is -2.14. The predicted octanol–water partition coefficient (Wildman–Crippen LogP) is 1.01. The summed E-state index contributed by atoms with van der Waals surface area (Å²) < 4.78 is 13.6. The third-order valence-corrected chi connectivity index (χ3v) is 2.50. The summed E-state index contributed by atoms with van der Waals surface area (Å²) in [6.07, 6.45) is 0. The Hall–Kier alpha value is -1.69. The van der Waals surface area contributed by atoms with E-state index in [0.29, 0.717) is 5.56 Å². The maximum atomic E-state index is 13.6. The first kappa shape index (κ1) is 13.4. The molecule has 0 aliphatic carbocycles. The molecular formula is C11H14FN3OS. The largest absolute Gasteiger partial charge is 0.389 e. The second-order valence-electron chi connectivity index (χ2n) is 3.54. The summed E-state index contributed by atoms with van der Waals surface area (Å²) in [4.78, 5) is 11.4. The number of hydrogen-bond acceptors (Lipinski definition) is 3. The van der Waals surface area contributed by atoms with Crippen LogP contribution in [0.25, 0.3) is 0 Å². The summed E-state index contributed by atoms with van der Waals surface area (Å²) in [7, 11) is 1.52. The van der Waals surface area contributed by atoms with Crippen LogP contribution in [0.2, 0.25) is 0 Å². The number of anilines is 1. The number of likely N-dealkylation sites (N-methyl/N-ethyl adjacent to an activating group) is 1. The van der Waals surface area contributed by atoms with Crippen LogP contribution in [0.15, 0.2) is 18.2 Å². The summed E-state index contributed by atoms with van der Waals surface area (Å²) >= 11 is 4.74. The Morgan fingerprint density at radius 2 is 2.18 bits per heavy atom. The first-order valence-electron chi connectivity index (χ1n) is 5.03. The van der Waals surface area contributed by atoms with Crippen LogP contribution >= 0.6 is 12.2 Å². The molecule has 0 saturated carbocycles. The van der Waals surface area contributed by atoms with Crippen molar-refractivity contribution >= 4 is 28.8 Å². The van der Waals surface area contributed by atoms with Gasteiger partial charge in [0.2, 0.25) is 5.91 Å². The molecule has 6 heteroatoms. The molecule has 0 aliphatic rings. The fourth-order valence-corrected chi connectivity index (χ4v) is 1.43. The van der Waals surface area contributed by atoms with Gasteiger partial charge in [-0.1, -0.05) is 12.2 Å². The van der Waals surface area contributed by atoms with Gasteiger partial charge in [-0.25, -0.2) is 4.39 Å². The highest BCUT2D eigenvalue weighted by molar-refractivity contribution is 7.80. The van der Waals surface area contributed by atoms with Crippen molar-refractivity contribution in [2.75, 3.05) is 12.4 Å². The number of nitrogens with two attached hydrogens (primary N) is 1. The average molecular weight is 255 g/mol. The van der Waals surface area contributed by atoms with Gasteiger partial charge in [0.15, 0.2) is 0 Å². The van der Waals surface area contributed by atoms with E-state index in [-0.39, 0.29) is 16.6 Å². The number of benzene rings is 1. The highest BCUT2D eigenvalue weighted by atomic mass is 32.1. The minimum absolute atomic E-state index is 0.134. The molecule has 1 aromatic carbocycles. The quantitative estimate of drug-likeness (QED) is 0.702. The van der Waals surface area contributed by atoms with E-state index in [4.69, 9.17) is 18.0 Å². The molecule has 0 radical (unpaired) electrons. The first-order valence-corrected chi connectivity index (χ1v) is 5.44. The van der Waals surface area contributed by atoms with E-state index >= 15 is 0 Å². The predicted molar refractivity (Wildman–Crippen MR) is 69.4 cm³/mol. The zero-order valence-corrected chi connectivity index (χ0v) is 10.4. The van der Waals surface area contributed by atoms with Crippen molar-refractivity contribution in [2.45, 2.75) is 13.0 Å². The zero-order chi connectivity index (χ0) is 13.0. The van der Waals surface area contributed by atoms with Gasteiger partial charge in [0.25, 0.3) is 0 Å². The van der Waals surface area contributed by atoms with Gasteiger partial charge < -0.3 is 16.4 Å². The Morgan fingerprint density at radius 1 is 1.53 bits per heavy atom. The minimum atomic E-state index is -0.523. The number of thiocarbonyl (C=S) groups is 1. The van der Waals surface area contributed by atoms with Crippen molar-refractivity contribution in [1.29, 1.82) is 0 Å². The van der Waals surface area contributed by atoms with Crippen LogP contribution in [-0.2, 0) is 4.79 Å². The van der Waals surface area contributed by atoms with Gasteiger partial charge in [-0.2, -0.15) is 0 Å². The number of amides is 1. The molecule has 0 aromatic heterocycles. The van der Waals surface area contributed by atoms with E-state index < -0.39 is 11.9 Å². The fourth-order valence-electron chi connectivity index (χ4n) is 1.30. The standard InChI is InChI=1S/C11H14FN3OS/c1-6(11(16)14-2)15-9-4-3-7(10(13)17)5-8(9)12/h3-6,15H,1-2H3,(H2,13,17)(H,14,16). The Bertz CT molecular complexity index is 450. The van der Waals surface area contributed by atoms with Gasteiger partial charge in [0, 0.05) is 12.6 Å². The first-order chi connectivity index (χ1) is 7.95. The Labute approximate surface area is 104 Å². The van der Waals surface area contributed by atoms with Crippen LogP contribution in [0.1, 0.15) is 12.5 Å². The molecule has 0 spiro atoms. The van der Waals surface area contributed by atoms with E-state index in [9.17, 15) is 9.18 Å². The summed E-state index contributed by atoms with van der Waals surface area (Å²) in [6.45, 7) is 1.64. The van der Waals surface area contributed by atoms with Gasteiger partial charge >= 0.3 is 0 Å². The van der Waals surface area contributed by atoms with E-state index in [1.165, 1.54) is 19.2 Å². The van der Waals surface area contributed by atoms with Crippen LogP contribution in [0.5, 0.6) is 0 Å². The van der Waals surface area contributed by atoms with Crippen LogP contribution in [-0.4, -0.2) is 24.0 Å². The van der Waals surface area contributed by atoms with Gasteiger partial charge in [-0.3, -0.25) is 4.79 Å². The number of nitrogens with one attached hydrogen (secondary N) is 2. The molecule has 92 valence electrons. The van der Waals surface area contributed by atoms with Crippen LogP contribution in [0.3, 0.4) is 0 Å². The van der Waals surface area contributed by atoms with E-state index in [1.54, 1.807) is 13.0 Å². The smallest absolute Gasteiger partial charge is 0.241 e. The lowest BCUT2D eigenvalue weighted by Crippen LogP contribution is -2.35. The zero-order valence-electron chi connectivity index (χ0n) is 9.58. The highest BCUT2D eigenvalue weighted by Gasteiger charge is 2.13. The molecule has 0 saturated heterocycles. The molecule has 1 unspecified atom stereocenters. The third-order valence-electron chi connectivity index (χ3n) is 2.27. The number of carbonyl (C=O) groups excluding carboxylic acids is 1. The van der Waals surface area contributed by atoms with E-state index in [0.717, 1.165) is 0 Å². The maximum absolute atomic E-state index is 13.6. The SMILES string of the molecule is CNC(=O)C(C)Nc1ccc(C(N)=S)cc1F. The molecule has 1 amide bonds. The summed E-state index contributed by atoms with van der Waals surface area (Å²) in [6, 6.07) is 3.82. The van der Waals surface area contributed by atoms with Crippen LogP contribution < -0.4 is 16.4 Å². The molecule has 1 rings (SSSR count).